The van der Waals surface area contributed by atoms with Crippen LogP contribution in [-0.4, -0.2) is 24.0 Å². The summed E-state index contributed by atoms with van der Waals surface area (Å²) in [6.45, 7) is 0.644. The van der Waals surface area contributed by atoms with E-state index in [4.69, 9.17) is 4.74 Å². The maximum Gasteiger partial charge on any atom is 0.257 e. The molecule has 0 radical (unpaired) electrons. The van der Waals surface area contributed by atoms with Crippen LogP contribution in [0.5, 0.6) is 5.75 Å². The number of benzene rings is 1. The van der Waals surface area contributed by atoms with Crippen molar-refractivity contribution >= 4 is 33.2 Å². The maximum absolute atomic E-state index is 11.8. The number of fused-ring (bicyclic) bond motifs is 1. The van der Waals surface area contributed by atoms with Crippen LogP contribution >= 0.6 is 27.3 Å². The van der Waals surface area contributed by atoms with Gasteiger partial charge >= 0.3 is 0 Å². The van der Waals surface area contributed by atoms with Gasteiger partial charge in [-0.05, 0) is 49.9 Å². The van der Waals surface area contributed by atoms with Crippen molar-refractivity contribution in [2.24, 2.45) is 0 Å². The molecule has 2 aromatic rings. The van der Waals surface area contributed by atoms with Crippen LogP contribution in [0.2, 0.25) is 0 Å². The number of nitrogens with one attached hydrogen (secondary N) is 1. The third-order valence-electron chi connectivity index (χ3n) is 3.73. The van der Waals surface area contributed by atoms with Crippen molar-refractivity contribution < 1.29 is 9.53 Å². The lowest BCUT2D eigenvalue weighted by atomic mass is 10.0. The summed E-state index contributed by atoms with van der Waals surface area (Å²) in [5, 5.41) is 4.02. The molecule has 0 atom stereocenters. The molecule has 1 aliphatic carbocycles. The summed E-state index contributed by atoms with van der Waals surface area (Å²) in [5.41, 5.74) is 1.28. The zero-order valence-corrected chi connectivity index (χ0v) is 15.2. The minimum atomic E-state index is -0.103. The van der Waals surface area contributed by atoms with Gasteiger partial charge in [0.2, 0.25) is 0 Å². The van der Waals surface area contributed by atoms with E-state index in [2.05, 4.69) is 26.2 Å². The van der Waals surface area contributed by atoms with Crippen LogP contribution in [0.1, 0.15) is 28.4 Å². The summed E-state index contributed by atoms with van der Waals surface area (Å²) in [6.07, 6.45) is 5.60. The number of carbonyl (C=O) groups is 1. The Morgan fingerprint density at radius 3 is 2.83 bits per heavy atom. The number of hydrogen-bond acceptors (Lipinski definition) is 4. The van der Waals surface area contributed by atoms with Crippen LogP contribution in [0.15, 0.2) is 28.7 Å². The number of nitrogens with zero attached hydrogens (tertiary/aromatic N) is 1. The van der Waals surface area contributed by atoms with E-state index in [-0.39, 0.29) is 12.5 Å². The number of aryl methyl sites for hydroxylation is 2. The van der Waals surface area contributed by atoms with Gasteiger partial charge in [0.25, 0.3) is 5.91 Å². The van der Waals surface area contributed by atoms with Gasteiger partial charge in [0.15, 0.2) is 6.61 Å². The molecule has 6 heteroatoms. The second-order valence-electron chi connectivity index (χ2n) is 5.53. The maximum atomic E-state index is 11.8. The van der Waals surface area contributed by atoms with E-state index in [1.54, 1.807) is 11.3 Å². The number of carbonyl (C=O) groups excluding carboxylic acids is 1. The van der Waals surface area contributed by atoms with Crippen molar-refractivity contribution in [3.05, 3.63) is 44.3 Å². The quantitative estimate of drug-likeness (QED) is 0.814. The molecule has 0 saturated carbocycles. The molecule has 1 aromatic heterocycles. The second-order valence-corrected chi connectivity index (χ2v) is 7.61. The Morgan fingerprint density at radius 2 is 2.04 bits per heavy atom. The molecular weight excluding hydrogens is 376 g/mol. The third kappa shape index (κ3) is 4.78. The fourth-order valence-electron chi connectivity index (χ4n) is 2.55. The second kappa shape index (κ2) is 7.93. The van der Waals surface area contributed by atoms with E-state index in [1.807, 2.05) is 24.3 Å². The number of halogens is 1. The van der Waals surface area contributed by atoms with Crippen LogP contribution in [0.4, 0.5) is 0 Å². The van der Waals surface area contributed by atoms with Crippen molar-refractivity contribution in [3.8, 4) is 5.75 Å². The standard InChI is InChI=1S/C17H19BrN2O2S/c18-12-5-7-13(8-6-12)22-11-16(21)19-10-9-17-20-14-3-1-2-4-15(14)23-17/h5-8H,1-4,9-11H2,(H,19,21). The Balaban J connectivity index is 1.39. The molecule has 1 amide bonds. The SMILES string of the molecule is O=C(COc1ccc(Br)cc1)NCCc1nc2c(s1)CCCC2. The first-order valence-electron chi connectivity index (χ1n) is 7.83. The molecule has 0 saturated heterocycles. The largest absolute Gasteiger partial charge is 0.484 e. The Kier molecular flexibility index (Phi) is 5.67. The van der Waals surface area contributed by atoms with Crippen molar-refractivity contribution in [1.82, 2.24) is 10.3 Å². The molecule has 1 aromatic carbocycles. The van der Waals surface area contributed by atoms with Crippen molar-refractivity contribution in [2.75, 3.05) is 13.2 Å². The smallest absolute Gasteiger partial charge is 0.257 e. The summed E-state index contributed by atoms with van der Waals surface area (Å²) in [4.78, 5) is 17.9. The molecule has 0 bridgehead atoms. The Hall–Kier alpha value is -1.40. The fourth-order valence-corrected chi connectivity index (χ4v) is 3.97. The molecule has 0 unspecified atom stereocenters. The van der Waals surface area contributed by atoms with E-state index in [0.717, 1.165) is 22.3 Å². The average Bonchev–Trinajstić information content (AvgIpc) is 2.97. The van der Waals surface area contributed by atoms with Crippen LogP contribution in [0.25, 0.3) is 0 Å². The minimum Gasteiger partial charge on any atom is -0.484 e. The number of amides is 1. The van der Waals surface area contributed by atoms with Crippen molar-refractivity contribution in [3.63, 3.8) is 0 Å². The molecule has 4 nitrogen and oxygen atoms in total. The highest BCUT2D eigenvalue weighted by Gasteiger charge is 2.14. The number of hydrogen-bond donors (Lipinski definition) is 1. The highest BCUT2D eigenvalue weighted by atomic mass is 79.9. The van der Waals surface area contributed by atoms with Gasteiger partial charge in [-0.25, -0.2) is 4.98 Å². The van der Waals surface area contributed by atoms with E-state index in [0.29, 0.717) is 12.3 Å². The predicted octanol–water partition coefficient (Wildman–Crippen LogP) is 3.52. The van der Waals surface area contributed by atoms with E-state index in [1.165, 1.54) is 29.8 Å². The normalized spacial score (nSPS) is 13.4. The van der Waals surface area contributed by atoms with E-state index >= 15 is 0 Å². The lowest BCUT2D eigenvalue weighted by Crippen LogP contribution is -2.30. The molecule has 0 spiro atoms. The molecular formula is C17H19BrN2O2S. The van der Waals surface area contributed by atoms with Crippen LogP contribution in [-0.2, 0) is 24.1 Å². The van der Waals surface area contributed by atoms with Gasteiger partial charge in [-0.2, -0.15) is 0 Å². The Labute approximate surface area is 148 Å². The van der Waals surface area contributed by atoms with Crippen LogP contribution in [0.3, 0.4) is 0 Å². The van der Waals surface area contributed by atoms with Gasteiger partial charge in [0.05, 0.1) is 10.7 Å². The van der Waals surface area contributed by atoms with Gasteiger partial charge in [0.1, 0.15) is 5.75 Å². The number of rotatable bonds is 6. The van der Waals surface area contributed by atoms with Gasteiger partial charge in [-0.1, -0.05) is 15.9 Å². The first-order valence-corrected chi connectivity index (χ1v) is 9.44. The van der Waals surface area contributed by atoms with Crippen LogP contribution in [0, 0.1) is 0 Å². The summed E-state index contributed by atoms with van der Waals surface area (Å²) in [5.74, 6) is 0.588. The molecule has 0 fully saturated rings. The lowest BCUT2D eigenvalue weighted by Gasteiger charge is -2.07. The molecule has 1 heterocycles. The van der Waals surface area contributed by atoms with Gasteiger partial charge in [-0.3, -0.25) is 4.79 Å². The fraction of sp³-hybridized carbons (Fsp3) is 0.412. The van der Waals surface area contributed by atoms with E-state index < -0.39 is 0 Å². The number of thiazole rings is 1. The zero-order chi connectivity index (χ0) is 16.1. The topological polar surface area (TPSA) is 51.2 Å². The summed E-state index contributed by atoms with van der Waals surface area (Å²) < 4.78 is 6.43. The molecule has 1 aliphatic rings. The first kappa shape index (κ1) is 16.5. The zero-order valence-electron chi connectivity index (χ0n) is 12.8. The minimum absolute atomic E-state index is 0.0377. The number of aromatic nitrogens is 1. The Morgan fingerprint density at radius 1 is 1.26 bits per heavy atom. The van der Waals surface area contributed by atoms with Crippen molar-refractivity contribution in [1.29, 1.82) is 0 Å². The average molecular weight is 395 g/mol. The predicted molar refractivity (Wildman–Crippen MR) is 95.1 cm³/mol. The highest BCUT2D eigenvalue weighted by Crippen LogP contribution is 2.26. The van der Waals surface area contributed by atoms with Crippen LogP contribution < -0.4 is 10.1 Å². The van der Waals surface area contributed by atoms with Gasteiger partial charge in [0, 0.05) is 22.3 Å². The monoisotopic (exact) mass is 394 g/mol. The molecule has 122 valence electrons. The van der Waals surface area contributed by atoms with Gasteiger partial charge < -0.3 is 10.1 Å². The molecule has 1 N–H and O–H groups in total. The summed E-state index contributed by atoms with van der Waals surface area (Å²) in [6, 6.07) is 7.43. The molecule has 0 aliphatic heterocycles. The third-order valence-corrected chi connectivity index (χ3v) is 5.48. The molecule has 23 heavy (non-hydrogen) atoms. The lowest BCUT2D eigenvalue weighted by molar-refractivity contribution is -0.123. The van der Waals surface area contributed by atoms with Crippen molar-refractivity contribution in [2.45, 2.75) is 32.1 Å². The highest BCUT2D eigenvalue weighted by molar-refractivity contribution is 9.10. The first-order chi connectivity index (χ1) is 11.2. The molecule has 3 rings (SSSR count). The summed E-state index contributed by atoms with van der Waals surface area (Å²) >= 11 is 5.16. The van der Waals surface area contributed by atoms with E-state index in [9.17, 15) is 4.79 Å². The van der Waals surface area contributed by atoms with Gasteiger partial charge in [-0.15, -0.1) is 11.3 Å². The summed E-state index contributed by atoms with van der Waals surface area (Å²) in [7, 11) is 0. The Bertz CT molecular complexity index is 646. The number of ether oxygens (including phenoxy) is 1.